The molecule has 0 saturated heterocycles. The zero-order chi connectivity index (χ0) is 12.3. The van der Waals surface area contributed by atoms with Crippen molar-refractivity contribution in [1.29, 1.82) is 0 Å². The minimum absolute atomic E-state index is 0.0632. The van der Waals surface area contributed by atoms with Gasteiger partial charge in [0.2, 0.25) is 0 Å². The molecule has 5 heteroatoms. The maximum atomic E-state index is 11.5. The Balaban J connectivity index is 2.81. The average Bonchev–Trinajstić information content (AvgIpc) is 2.41. The fourth-order valence-corrected chi connectivity index (χ4v) is 1.66. The third-order valence-electron chi connectivity index (χ3n) is 2.32. The number of ether oxygens (including phenoxy) is 1. The number of amides is 2. The van der Waals surface area contributed by atoms with E-state index < -0.39 is 18.0 Å². The number of rotatable bonds is 3. The maximum absolute atomic E-state index is 11.5. The van der Waals surface area contributed by atoms with E-state index in [2.05, 4.69) is 0 Å². The van der Waals surface area contributed by atoms with Crippen molar-refractivity contribution in [1.82, 2.24) is 4.90 Å². The Morgan fingerprint density at radius 2 is 2.25 bits per heavy atom. The summed E-state index contributed by atoms with van der Waals surface area (Å²) >= 11 is 0. The van der Waals surface area contributed by atoms with Gasteiger partial charge in [-0.25, -0.2) is 9.69 Å². The van der Waals surface area contributed by atoms with Crippen molar-refractivity contribution in [3.8, 4) is 0 Å². The van der Waals surface area contributed by atoms with Crippen molar-refractivity contribution >= 4 is 12.0 Å². The van der Waals surface area contributed by atoms with Gasteiger partial charge in [0, 0.05) is 6.08 Å². The zero-order valence-corrected chi connectivity index (χ0v) is 9.77. The van der Waals surface area contributed by atoms with E-state index in [1.54, 1.807) is 6.92 Å². The molecule has 16 heavy (non-hydrogen) atoms. The molecular weight excluding hydrogens is 210 g/mol. The van der Waals surface area contributed by atoms with Crippen molar-refractivity contribution in [2.24, 2.45) is 5.92 Å². The summed E-state index contributed by atoms with van der Waals surface area (Å²) in [7, 11) is 0. The Morgan fingerprint density at radius 1 is 1.62 bits per heavy atom. The molecule has 0 aromatic carbocycles. The van der Waals surface area contributed by atoms with Crippen LogP contribution in [0.3, 0.4) is 0 Å². The second-order valence-electron chi connectivity index (χ2n) is 4.12. The van der Waals surface area contributed by atoms with Crippen LogP contribution in [0, 0.1) is 5.92 Å². The Bertz CT molecular complexity index is 322. The standard InChI is InChI=1S/C11H17NO4/c1-4-16-11(15)12-8(5-7(2)3)9(13)6-10(12)14/h6-8,13H,4-5H2,1-3H3/t8-/m0/s1. The fourth-order valence-electron chi connectivity index (χ4n) is 1.66. The summed E-state index contributed by atoms with van der Waals surface area (Å²) in [5, 5.41) is 9.59. The van der Waals surface area contributed by atoms with Crippen molar-refractivity contribution in [3.05, 3.63) is 11.8 Å². The summed E-state index contributed by atoms with van der Waals surface area (Å²) in [6.45, 7) is 5.79. The molecule has 1 aliphatic rings. The number of aliphatic hydroxyl groups excluding tert-OH is 1. The topological polar surface area (TPSA) is 66.8 Å². The van der Waals surface area contributed by atoms with Gasteiger partial charge in [-0.3, -0.25) is 4.79 Å². The van der Waals surface area contributed by atoms with Gasteiger partial charge in [0.1, 0.15) is 11.8 Å². The summed E-state index contributed by atoms with van der Waals surface area (Å²) in [4.78, 5) is 24.0. The normalized spacial score (nSPS) is 20.2. The molecule has 0 unspecified atom stereocenters. The molecular formula is C11H17NO4. The second-order valence-corrected chi connectivity index (χ2v) is 4.12. The van der Waals surface area contributed by atoms with Gasteiger partial charge in [-0.05, 0) is 19.3 Å². The van der Waals surface area contributed by atoms with Crippen molar-refractivity contribution in [2.45, 2.75) is 33.2 Å². The largest absolute Gasteiger partial charge is 0.510 e. The highest BCUT2D eigenvalue weighted by atomic mass is 16.6. The van der Waals surface area contributed by atoms with Crippen LogP contribution in [-0.4, -0.2) is 34.7 Å². The molecule has 0 spiro atoms. The molecule has 0 radical (unpaired) electrons. The van der Waals surface area contributed by atoms with Crippen LogP contribution in [0.15, 0.2) is 11.8 Å². The van der Waals surface area contributed by atoms with Crippen LogP contribution in [0.25, 0.3) is 0 Å². The minimum atomic E-state index is -0.696. The molecule has 0 bridgehead atoms. The van der Waals surface area contributed by atoms with Gasteiger partial charge in [-0.1, -0.05) is 13.8 Å². The van der Waals surface area contributed by atoms with E-state index in [0.29, 0.717) is 6.42 Å². The predicted molar refractivity (Wildman–Crippen MR) is 57.8 cm³/mol. The number of carbonyl (C=O) groups is 2. The molecule has 1 atom stereocenters. The van der Waals surface area contributed by atoms with Crippen LogP contribution in [0.2, 0.25) is 0 Å². The molecule has 0 aromatic rings. The summed E-state index contributed by atoms with van der Waals surface area (Å²) < 4.78 is 4.78. The lowest BCUT2D eigenvalue weighted by molar-refractivity contribution is -0.124. The second kappa shape index (κ2) is 5.01. The zero-order valence-electron chi connectivity index (χ0n) is 9.77. The highest BCUT2D eigenvalue weighted by Crippen LogP contribution is 2.24. The molecule has 90 valence electrons. The summed E-state index contributed by atoms with van der Waals surface area (Å²) in [6, 6.07) is -0.577. The van der Waals surface area contributed by atoms with Crippen LogP contribution in [0.1, 0.15) is 27.2 Å². The molecule has 5 nitrogen and oxygen atoms in total. The predicted octanol–water partition coefficient (Wildman–Crippen LogP) is 1.84. The molecule has 1 heterocycles. The van der Waals surface area contributed by atoms with Crippen LogP contribution in [0.4, 0.5) is 4.79 Å². The lowest BCUT2D eigenvalue weighted by atomic mass is 10.0. The first-order chi connectivity index (χ1) is 7.47. The van der Waals surface area contributed by atoms with Crippen LogP contribution in [0.5, 0.6) is 0 Å². The first-order valence-corrected chi connectivity index (χ1v) is 5.37. The Morgan fingerprint density at radius 3 is 2.75 bits per heavy atom. The smallest absolute Gasteiger partial charge is 0.417 e. The summed E-state index contributed by atoms with van der Waals surface area (Å²) in [5.41, 5.74) is 0. The SMILES string of the molecule is CCOC(=O)N1C(=O)C=C(O)[C@@H]1CC(C)C. The lowest BCUT2D eigenvalue weighted by Gasteiger charge is -2.24. The van der Waals surface area contributed by atoms with E-state index in [0.717, 1.165) is 11.0 Å². The van der Waals surface area contributed by atoms with E-state index >= 15 is 0 Å². The molecule has 0 aliphatic carbocycles. The molecule has 1 aliphatic heterocycles. The number of hydrogen-bond acceptors (Lipinski definition) is 4. The van der Waals surface area contributed by atoms with Gasteiger partial charge in [0.15, 0.2) is 0 Å². The van der Waals surface area contributed by atoms with Crippen molar-refractivity contribution in [2.75, 3.05) is 6.61 Å². The van der Waals surface area contributed by atoms with Crippen LogP contribution in [-0.2, 0) is 9.53 Å². The van der Waals surface area contributed by atoms with Crippen molar-refractivity contribution < 1.29 is 19.4 Å². The van der Waals surface area contributed by atoms with Crippen LogP contribution >= 0.6 is 0 Å². The molecule has 0 saturated carbocycles. The van der Waals surface area contributed by atoms with E-state index in [9.17, 15) is 14.7 Å². The number of hydrogen-bond donors (Lipinski definition) is 1. The van der Waals surface area contributed by atoms with Gasteiger partial charge in [-0.15, -0.1) is 0 Å². The van der Waals surface area contributed by atoms with Crippen molar-refractivity contribution in [3.63, 3.8) is 0 Å². The number of aliphatic hydroxyl groups is 1. The molecule has 1 rings (SSSR count). The third-order valence-corrected chi connectivity index (χ3v) is 2.32. The number of imide groups is 1. The maximum Gasteiger partial charge on any atom is 0.417 e. The number of nitrogens with zero attached hydrogens (tertiary/aromatic N) is 1. The minimum Gasteiger partial charge on any atom is -0.510 e. The average molecular weight is 227 g/mol. The lowest BCUT2D eigenvalue weighted by Crippen LogP contribution is -2.41. The summed E-state index contributed by atoms with van der Waals surface area (Å²) in [6.07, 6.45) is 0.912. The Labute approximate surface area is 94.7 Å². The van der Waals surface area contributed by atoms with Gasteiger partial charge in [0.25, 0.3) is 5.91 Å². The fraction of sp³-hybridized carbons (Fsp3) is 0.636. The van der Waals surface area contributed by atoms with Gasteiger partial charge in [0.05, 0.1) is 6.61 Å². The highest BCUT2D eigenvalue weighted by Gasteiger charge is 2.38. The molecule has 0 fully saturated rings. The van der Waals surface area contributed by atoms with E-state index in [1.165, 1.54) is 0 Å². The first kappa shape index (κ1) is 12.5. The van der Waals surface area contributed by atoms with Crippen LogP contribution < -0.4 is 0 Å². The molecule has 2 amide bonds. The first-order valence-electron chi connectivity index (χ1n) is 5.37. The quantitative estimate of drug-likeness (QED) is 0.798. The number of carbonyl (C=O) groups excluding carboxylic acids is 2. The summed E-state index contributed by atoms with van der Waals surface area (Å²) in [5.74, 6) is -0.309. The highest BCUT2D eigenvalue weighted by molar-refractivity contribution is 6.01. The van der Waals surface area contributed by atoms with Gasteiger partial charge in [-0.2, -0.15) is 0 Å². The molecule has 1 N–H and O–H groups in total. The Kier molecular flexibility index (Phi) is 3.93. The van der Waals surface area contributed by atoms with E-state index in [4.69, 9.17) is 4.74 Å². The van der Waals surface area contributed by atoms with Gasteiger partial charge >= 0.3 is 6.09 Å². The third kappa shape index (κ3) is 2.53. The monoisotopic (exact) mass is 227 g/mol. The van der Waals surface area contributed by atoms with Gasteiger partial charge < -0.3 is 9.84 Å². The Hall–Kier alpha value is -1.52. The van der Waals surface area contributed by atoms with E-state index in [1.807, 2.05) is 13.8 Å². The van der Waals surface area contributed by atoms with E-state index in [-0.39, 0.29) is 18.3 Å². The molecule has 0 aromatic heterocycles.